The first kappa shape index (κ1) is 22.6. The number of piperidine rings is 1. The van der Waals surface area contributed by atoms with E-state index in [2.05, 4.69) is 5.10 Å². The van der Waals surface area contributed by atoms with Crippen molar-refractivity contribution in [3.8, 4) is 17.2 Å². The molecule has 1 aromatic heterocycles. The Hall–Kier alpha value is -3.61. The molecule has 7 heteroatoms. The monoisotopic (exact) mass is 447 g/mol. The van der Waals surface area contributed by atoms with Crippen molar-refractivity contribution in [1.29, 1.82) is 0 Å². The van der Waals surface area contributed by atoms with Gasteiger partial charge in [-0.05, 0) is 61.9 Å². The van der Waals surface area contributed by atoms with E-state index in [-0.39, 0.29) is 6.04 Å². The summed E-state index contributed by atoms with van der Waals surface area (Å²) in [5.41, 5.74) is 2.27. The molecule has 0 spiro atoms. The fourth-order valence-corrected chi connectivity index (χ4v) is 4.35. The fourth-order valence-electron chi connectivity index (χ4n) is 4.35. The minimum Gasteiger partial charge on any atom is -0.493 e. The minimum atomic E-state index is -0.504. The van der Waals surface area contributed by atoms with Crippen molar-refractivity contribution in [3.63, 3.8) is 0 Å². The molecule has 2 heterocycles. The van der Waals surface area contributed by atoms with Crippen LogP contribution >= 0.6 is 0 Å². The summed E-state index contributed by atoms with van der Waals surface area (Å²) in [6, 6.07) is 15.4. The number of rotatable bonds is 8. The molecule has 7 nitrogen and oxygen atoms in total. The van der Waals surface area contributed by atoms with Crippen LogP contribution < -0.4 is 9.47 Å². The summed E-state index contributed by atoms with van der Waals surface area (Å²) >= 11 is 0. The van der Waals surface area contributed by atoms with E-state index >= 15 is 0 Å². The van der Waals surface area contributed by atoms with Crippen LogP contribution in [0.2, 0.25) is 0 Å². The van der Waals surface area contributed by atoms with Crippen molar-refractivity contribution >= 4 is 11.7 Å². The Morgan fingerprint density at radius 3 is 2.58 bits per heavy atom. The molecule has 1 fully saturated rings. The third-order valence-electron chi connectivity index (χ3n) is 6.16. The van der Waals surface area contributed by atoms with Crippen LogP contribution in [0.3, 0.4) is 0 Å². The number of hydrogen-bond acceptors (Lipinski definition) is 5. The molecule has 1 atom stereocenters. The van der Waals surface area contributed by atoms with Crippen LogP contribution in [0.25, 0.3) is 5.69 Å². The molecule has 0 N–H and O–H groups in total. The number of ether oxygens (including phenoxy) is 2. The summed E-state index contributed by atoms with van der Waals surface area (Å²) in [7, 11) is 3.23. The average Bonchev–Trinajstić information content (AvgIpc) is 3.37. The number of amides is 1. The molecule has 0 aliphatic carbocycles. The third kappa shape index (κ3) is 5.08. The molecule has 1 saturated heterocycles. The minimum absolute atomic E-state index is 0.0347. The third-order valence-corrected chi connectivity index (χ3v) is 6.16. The van der Waals surface area contributed by atoms with Gasteiger partial charge in [0.2, 0.25) is 0 Å². The molecule has 1 aliphatic rings. The molecule has 1 aliphatic heterocycles. The van der Waals surface area contributed by atoms with Crippen LogP contribution in [0.5, 0.6) is 11.5 Å². The molecule has 1 amide bonds. The standard InChI is InChI=1S/C26H29N3O4/c1-32-23-14-12-19(16-24(23)33-2)11-13-21-8-6-7-15-28(21)26(31)25(30)20-17-27-29(18-20)22-9-4-3-5-10-22/h3-5,9-10,12,14,16-18,21H,6-8,11,13,15H2,1-2H3. The number of para-hydroxylation sites is 1. The smallest absolute Gasteiger partial charge is 0.295 e. The Bertz CT molecular complexity index is 1110. The van der Waals surface area contributed by atoms with Crippen LogP contribution in [-0.4, -0.2) is 53.2 Å². The van der Waals surface area contributed by atoms with E-state index in [1.54, 1.807) is 30.0 Å². The van der Waals surface area contributed by atoms with Gasteiger partial charge in [0.05, 0.1) is 31.7 Å². The van der Waals surface area contributed by atoms with Crippen molar-refractivity contribution in [3.05, 3.63) is 72.1 Å². The molecule has 1 unspecified atom stereocenters. The maximum absolute atomic E-state index is 13.2. The fraction of sp³-hybridized carbons (Fsp3) is 0.346. The number of carbonyl (C=O) groups is 2. The first-order chi connectivity index (χ1) is 16.1. The van der Waals surface area contributed by atoms with Crippen LogP contribution in [0.1, 0.15) is 41.6 Å². The lowest BCUT2D eigenvalue weighted by atomic mass is 9.95. The molecule has 4 rings (SSSR count). The normalized spacial score (nSPS) is 15.8. The van der Waals surface area contributed by atoms with Crippen molar-refractivity contribution in [2.75, 3.05) is 20.8 Å². The van der Waals surface area contributed by atoms with Gasteiger partial charge in [-0.2, -0.15) is 5.10 Å². The number of Topliss-reactive ketones (excluding diaryl/α,β-unsaturated/α-hetero) is 1. The van der Waals surface area contributed by atoms with E-state index in [1.807, 2.05) is 48.5 Å². The maximum Gasteiger partial charge on any atom is 0.295 e. The number of benzene rings is 2. The van der Waals surface area contributed by atoms with E-state index in [1.165, 1.54) is 6.20 Å². The van der Waals surface area contributed by atoms with Gasteiger partial charge in [-0.3, -0.25) is 9.59 Å². The Morgan fingerprint density at radius 1 is 1.03 bits per heavy atom. The van der Waals surface area contributed by atoms with Crippen molar-refractivity contribution < 1.29 is 19.1 Å². The number of methoxy groups -OCH3 is 2. The van der Waals surface area contributed by atoms with Crippen LogP contribution in [0.15, 0.2) is 60.9 Å². The Labute approximate surface area is 193 Å². The zero-order valence-corrected chi connectivity index (χ0v) is 19.1. The average molecular weight is 448 g/mol. The van der Waals surface area contributed by atoms with Gasteiger partial charge >= 0.3 is 0 Å². The summed E-state index contributed by atoms with van der Waals surface area (Å²) < 4.78 is 12.3. The second-order valence-electron chi connectivity index (χ2n) is 8.21. The van der Waals surface area contributed by atoms with E-state index in [0.717, 1.165) is 43.4 Å². The molecule has 33 heavy (non-hydrogen) atoms. The predicted molar refractivity (Wildman–Crippen MR) is 125 cm³/mol. The highest BCUT2D eigenvalue weighted by Gasteiger charge is 2.31. The topological polar surface area (TPSA) is 73.7 Å². The quantitative estimate of drug-likeness (QED) is 0.384. The maximum atomic E-state index is 13.2. The highest BCUT2D eigenvalue weighted by molar-refractivity contribution is 6.42. The molecule has 0 saturated carbocycles. The Balaban J connectivity index is 1.44. The van der Waals surface area contributed by atoms with Crippen LogP contribution in [-0.2, 0) is 11.2 Å². The predicted octanol–water partition coefficient (Wildman–Crippen LogP) is 4.09. The molecule has 2 aromatic carbocycles. The lowest BCUT2D eigenvalue weighted by Crippen LogP contribution is -2.47. The lowest BCUT2D eigenvalue weighted by Gasteiger charge is -2.35. The first-order valence-electron chi connectivity index (χ1n) is 11.3. The molecule has 0 bridgehead atoms. The second-order valence-corrected chi connectivity index (χ2v) is 8.21. The van der Waals surface area contributed by atoms with Gasteiger partial charge in [0.25, 0.3) is 11.7 Å². The lowest BCUT2D eigenvalue weighted by molar-refractivity contribution is -0.130. The van der Waals surface area contributed by atoms with Crippen LogP contribution in [0.4, 0.5) is 0 Å². The van der Waals surface area contributed by atoms with E-state index in [4.69, 9.17) is 9.47 Å². The van der Waals surface area contributed by atoms with Crippen LogP contribution in [0, 0.1) is 0 Å². The number of carbonyl (C=O) groups excluding carboxylic acids is 2. The van der Waals surface area contributed by atoms with Crippen molar-refractivity contribution in [2.45, 2.75) is 38.1 Å². The molecule has 3 aromatic rings. The summed E-state index contributed by atoms with van der Waals surface area (Å²) in [6.07, 6.45) is 7.53. The Kier molecular flexibility index (Phi) is 7.07. The van der Waals surface area contributed by atoms with E-state index in [9.17, 15) is 9.59 Å². The highest BCUT2D eigenvalue weighted by atomic mass is 16.5. The van der Waals surface area contributed by atoms with Crippen molar-refractivity contribution in [2.24, 2.45) is 0 Å². The number of likely N-dealkylation sites (tertiary alicyclic amines) is 1. The number of hydrogen-bond donors (Lipinski definition) is 0. The summed E-state index contributed by atoms with van der Waals surface area (Å²) in [6.45, 7) is 0.605. The van der Waals surface area contributed by atoms with E-state index < -0.39 is 11.7 Å². The van der Waals surface area contributed by atoms with Gasteiger partial charge in [0.1, 0.15) is 0 Å². The molecule has 0 radical (unpaired) electrons. The molecular weight excluding hydrogens is 418 g/mol. The number of ketones is 1. The van der Waals surface area contributed by atoms with Gasteiger partial charge in [-0.25, -0.2) is 4.68 Å². The van der Waals surface area contributed by atoms with Crippen molar-refractivity contribution in [1.82, 2.24) is 14.7 Å². The summed E-state index contributed by atoms with van der Waals surface area (Å²) in [5, 5.41) is 4.26. The molecule has 172 valence electrons. The highest BCUT2D eigenvalue weighted by Crippen LogP contribution is 2.29. The van der Waals surface area contributed by atoms with E-state index in [0.29, 0.717) is 23.6 Å². The van der Waals surface area contributed by atoms with Gasteiger partial charge in [0.15, 0.2) is 11.5 Å². The van der Waals surface area contributed by atoms with Gasteiger partial charge < -0.3 is 14.4 Å². The Morgan fingerprint density at radius 2 is 1.82 bits per heavy atom. The zero-order chi connectivity index (χ0) is 23.2. The zero-order valence-electron chi connectivity index (χ0n) is 19.1. The number of aromatic nitrogens is 2. The van der Waals surface area contributed by atoms with Gasteiger partial charge in [0, 0.05) is 18.8 Å². The number of aryl methyl sites for hydroxylation is 1. The second kappa shape index (κ2) is 10.3. The first-order valence-corrected chi connectivity index (χ1v) is 11.3. The summed E-state index contributed by atoms with van der Waals surface area (Å²) in [4.78, 5) is 27.9. The largest absolute Gasteiger partial charge is 0.493 e. The van der Waals surface area contributed by atoms with Gasteiger partial charge in [-0.1, -0.05) is 24.3 Å². The molecular formula is C26H29N3O4. The van der Waals surface area contributed by atoms with Gasteiger partial charge in [-0.15, -0.1) is 0 Å². The SMILES string of the molecule is COc1ccc(CCC2CCCCN2C(=O)C(=O)c2cnn(-c3ccccc3)c2)cc1OC. The number of nitrogens with zero attached hydrogens (tertiary/aromatic N) is 3. The summed E-state index contributed by atoms with van der Waals surface area (Å²) in [5.74, 6) is 0.435.